The fourth-order valence-electron chi connectivity index (χ4n) is 2.49. The van der Waals surface area contributed by atoms with Crippen LogP contribution in [0.4, 0.5) is 15.8 Å². The van der Waals surface area contributed by atoms with Crippen LogP contribution in [0, 0.1) is 5.82 Å². The van der Waals surface area contributed by atoms with E-state index in [9.17, 15) is 14.0 Å². The van der Waals surface area contributed by atoms with E-state index in [2.05, 4.69) is 10.6 Å². The molecule has 3 aromatic rings. The lowest BCUT2D eigenvalue weighted by Gasteiger charge is -2.15. The number of carbonyl (C=O) groups excluding carboxylic acids is 2. The van der Waals surface area contributed by atoms with Crippen LogP contribution in [0.5, 0.6) is 0 Å². The number of nitrogens with one attached hydrogen (secondary N) is 2. The predicted molar refractivity (Wildman–Crippen MR) is 115 cm³/mol. The largest absolute Gasteiger partial charge is 0.320 e. The summed E-state index contributed by atoms with van der Waals surface area (Å²) in [6.07, 6.45) is 0. The number of amides is 2. The SMILES string of the molecule is O=C(Nc1c(Cl)cc(Cl)cc1C(=O)Nc1ccccc1F)c1ccc(Cl)cc1Cl. The van der Waals surface area contributed by atoms with E-state index >= 15 is 0 Å². The standard InChI is InChI=1S/C20H11Cl4FN2O2/c21-10-5-6-12(14(23)8-10)19(28)27-18-13(7-11(22)9-15(18)24)20(29)26-17-4-2-1-3-16(17)25/h1-9H,(H,26,29)(H,27,28). The van der Waals surface area contributed by atoms with Crippen molar-refractivity contribution in [2.24, 2.45) is 0 Å². The predicted octanol–water partition coefficient (Wildman–Crippen LogP) is 6.94. The summed E-state index contributed by atoms with van der Waals surface area (Å²) in [5.41, 5.74) is 0.0410. The smallest absolute Gasteiger partial charge is 0.257 e. The molecule has 2 amide bonds. The van der Waals surface area contributed by atoms with E-state index in [0.717, 1.165) is 0 Å². The van der Waals surface area contributed by atoms with Crippen LogP contribution in [0.2, 0.25) is 20.1 Å². The van der Waals surface area contributed by atoms with Crippen molar-refractivity contribution in [2.75, 3.05) is 10.6 Å². The number of benzene rings is 3. The first-order valence-corrected chi connectivity index (χ1v) is 9.59. The molecule has 0 spiro atoms. The summed E-state index contributed by atoms with van der Waals surface area (Å²) >= 11 is 24.1. The number of carbonyl (C=O) groups is 2. The Kier molecular flexibility index (Phi) is 6.65. The molecule has 29 heavy (non-hydrogen) atoms. The van der Waals surface area contributed by atoms with Gasteiger partial charge >= 0.3 is 0 Å². The first kappa shape index (κ1) is 21.4. The molecule has 3 rings (SSSR count). The molecule has 0 saturated carbocycles. The van der Waals surface area contributed by atoms with Crippen LogP contribution >= 0.6 is 46.4 Å². The summed E-state index contributed by atoms with van der Waals surface area (Å²) in [5.74, 6) is -1.94. The molecule has 0 atom stereocenters. The van der Waals surface area contributed by atoms with Gasteiger partial charge in [-0.05, 0) is 42.5 Å². The van der Waals surface area contributed by atoms with Gasteiger partial charge < -0.3 is 10.6 Å². The van der Waals surface area contributed by atoms with Crippen molar-refractivity contribution >= 4 is 69.6 Å². The highest BCUT2D eigenvalue weighted by atomic mass is 35.5. The third-order valence-electron chi connectivity index (χ3n) is 3.84. The van der Waals surface area contributed by atoms with E-state index < -0.39 is 17.6 Å². The van der Waals surface area contributed by atoms with Crippen LogP contribution in [-0.2, 0) is 0 Å². The van der Waals surface area contributed by atoms with Crippen LogP contribution in [0.1, 0.15) is 20.7 Å². The van der Waals surface area contributed by atoms with Gasteiger partial charge in [-0.2, -0.15) is 0 Å². The number of anilines is 2. The first-order valence-electron chi connectivity index (χ1n) is 8.07. The van der Waals surface area contributed by atoms with Gasteiger partial charge in [-0.25, -0.2) is 4.39 Å². The Balaban J connectivity index is 1.96. The molecule has 0 aromatic heterocycles. The summed E-state index contributed by atoms with van der Waals surface area (Å²) in [5, 5.41) is 5.65. The van der Waals surface area contributed by atoms with Crippen molar-refractivity contribution in [3.63, 3.8) is 0 Å². The number of para-hydroxylation sites is 1. The lowest BCUT2D eigenvalue weighted by Crippen LogP contribution is -2.19. The van der Waals surface area contributed by atoms with Gasteiger partial charge in [0.25, 0.3) is 11.8 Å². The quantitative estimate of drug-likeness (QED) is 0.432. The van der Waals surface area contributed by atoms with Gasteiger partial charge in [0.05, 0.1) is 32.5 Å². The molecule has 148 valence electrons. The monoisotopic (exact) mass is 470 g/mol. The Labute approximate surface area is 185 Å². The molecule has 0 bridgehead atoms. The van der Waals surface area contributed by atoms with E-state index in [0.29, 0.717) is 5.02 Å². The number of halogens is 5. The third-order valence-corrected chi connectivity index (χ3v) is 4.90. The average Bonchev–Trinajstić information content (AvgIpc) is 2.65. The molecular formula is C20H11Cl4FN2O2. The Morgan fingerprint density at radius 2 is 1.38 bits per heavy atom. The highest BCUT2D eigenvalue weighted by Crippen LogP contribution is 2.32. The summed E-state index contributed by atoms with van der Waals surface area (Å²) < 4.78 is 13.9. The maximum Gasteiger partial charge on any atom is 0.257 e. The maximum absolute atomic E-state index is 13.9. The molecule has 0 radical (unpaired) electrons. The minimum absolute atomic E-state index is 0.000854. The van der Waals surface area contributed by atoms with Crippen LogP contribution < -0.4 is 10.6 Å². The molecule has 2 N–H and O–H groups in total. The van der Waals surface area contributed by atoms with E-state index in [1.807, 2.05) is 0 Å². The maximum atomic E-state index is 13.9. The fraction of sp³-hybridized carbons (Fsp3) is 0. The summed E-state index contributed by atoms with van der Waals surface area (Å²) in [7, 11) is 0. The van der Waals surface area contributed by atoms with Crippen molar-refractivity contribution in [1.82, 2.24) is 0 Å². The molecule has 0 unspecified atom stereocenters. The lowest BCUT2D eigenvalue weighted by molar-refractivity contribution is 0.102. The molecule has 0 fully saturated rings. The molecule has 0 aliphatic carbocycles. The molecule has 0 aliphatic rings. The van der Waals surface area contributed by atoms with Gasteiger partial charge in [0, 0.05) is 10.0 Å². The van der Waals surface area contributed by atoms with Crippen LogP contribution in [-0.4, -0.2) is 11.8 Å². The van der Waals surface area contributed by atoms with E-state index in [4.69, 9.17) is 46.4 Å². The van der Waals surface area contributed by atoms with E-state index in [1.54, 1.807) is 6.07 Å². The molecule has 4 nitrogen and oxygen atoms in total. The van der Waals surface area contributed by atoms with Gasteiger partial charge in [0.15, 0.2) is 0 Å². The molecular weight excluding hydrogens is 461 g/mol. The summed E-state index contributed by atoms with van der Waals surface area (Å²) in [4.78, 5) is 25.4. The van der Waals surface area contributed by atoms with Crippen molar-refractivity contribution in [3.05, 3.63) is 91.6 Å². The third kappa shape index (κ3) is 5.00. The number of rotatable bonds is 4. The minimum Gasteiger partial charge on any atom is -0.320 e. The van der Waals surface area contributed by atoms with Crippen LogP contribution in [0.25, 0.3) is 0 Å². The Morgan fingerprint density at radius 1 is 0.724 bits per heavy atom. The van der Waals surface area contributed by atoms with Crippen LogP contribution in [0.3, 0.4) is 0 Å². The second kappa shape index (κ2) is 9.01. The van der Waals surface area contributed by atoms with Gasteiger partial charge in [-0.1, -0.05) is 58.5 Å². The highest BCUT2D eigenvalue weighted by Gasteiger charge is 2.21. The van der Waals surface area contributed by atoms with Crippen molar-refractivity contribution in [1.29, 1.82) is 0 Å². The Hall–Kier alpha value is -2.31. The Morgan fingerprint density at radius 3 is 2.07 bits per heavy atom. The van der Waals surface area contributed by atoms with Crippen molar-refractivity contribution in [3.8, 4) is 0 Å². The number of hydrogen-bond acceptors (Lipinski definition) is 2. The zero-order chi connectivity index (χ0) is 21.1. The Bertz CT molecular complexity index is 1120. The summed E-state index contributed by atoms with van der Waals surface area (Å²) in [6, 6.07) is 12.7. The van der Waals surface area contributed by atoms with Crippen LogP contribution in [0.15, 0.2) is 54.6 Å². The molecule has 9 heteroatoms. The fourth-order valence-corrected chi connectivity index (χ4v) is 3.52. The first-order chi connectivity index (χ1) is 13.8. The minimum atomic E-state index is -0.711. The second-order valence-electron chi connectivity index (χ2n) is 5.82. The number of hydrogen-bond donors (Lipinski definition) is 2. The van der Waals surface area contributed by atoms with Gasteiger partial charge in [0.2, 0.25) is 0 Å². The summed E-state index contributed by atoms with van der Waals surface area (Å²) in [6.45, 7) is 0. The zero-order valence-corrected chi connectivity index (χ0v) is 17.4. The molecule has 3 aromatic carbocycles. The van der Waals surface area contributed by atoms with Crippen molar-refractivity contribution in [2.45, 2.75) is 0 Å². The lowest BCUT2D eigenvalue weighted by atomic mass is 10.1. The van der Waals surface area contributed by atoms with E-state index in [1.165, 1.54) is 48.5 Å². The van der Waals surface area contributed by atoms with Gasteiger partial charge in [-0.15, -0.1) is 0 Å². The molecule has 0 saturated heterocycles. The molecule has 0 aliphatic heterocycles. The highest BCUT2D eigenvalue weighted by molar-refractivity contribution is 6.39. The normalized spacial score (nSPS) is 10.5. The average molecular weight is 472 g/mol. The second-order valence-corrected chi connectivity index (χ2v) is 7.51. The topological polar surface area (TPSA) is 58.2 Å². The van der Waals surface area contributed by atoms with Gasteiger partial charge in [-0.3, -0.25) is 9.59 Å². The van der Waals surface area contributed by atoms with Gasteiger partial charge in [0.1, 0.15) is 5.82 Å². The van der Waals surface area contributed by atoms with Crippen molar-refractivity contribution < 1.29 is 14.0 Å². The van der Waals surface area contributed by atoms with E-state index in [-0.39, 0.29) is 37.6 Å². The zero-order valence-electron chi connectivity index (χ0n) is 14.4. The molecule has 0 heterocycles.